The topological polar surface area (TPSA) is 24.1 Å². The summed E-state index contributed by atoms with van der Waals surface area (Å²) in [6.45, 7) is 1.22. The van der Waals surface area contributed by atoms with Gasteiger partial charge in [0.25, 0.3) is 0 Å². The zero-order valence-corrected chi connectivity index (χ0v) is 10.6. The minimum absolute atomic E-state index is 0.164. The van der Waals surface area contributed by atoms with Crippen LogP contribution in [0.5, 0.6) is 0 Å². The standard InChI is InChI=1S/C14H17F3N2/c15-14(16,17)13(6-7-13)19-9-10-5-8-18-12-4-2-1-3-11(10)12/h1-4,10,18-19H,5-9H2. The Labute approximate surface area is 110 Å². The Morgan fingerprint density at radius 3 is 2.68 bits per heavy atom. The lowest BCUT2D eigenvalue weighted by molar-refractivity contribution is -0.165. The van der Waals surface area contributed by atoms with Crippen molar-refractivity contribution in [3.05, 3.63) is 29.8 Å². The number of hydrogen-bond donors (Lipinski definition) is 2. The van der Waals surface area contributed by atoms with Crippen molar-refractivity contribution in [3.63, 3.8) is 0 Å². The molecule has 3 rings (SSSR count). The van der Waals surface area contributed by atoms with Gasteiger partial charge < -0.3 is 10.6 Å². The number of nitrogens with one attached hydrogen (secondary N) is 2. The van der Waals surface area contributed by atoms with Gasteiger partial charge in [-0.05, 0) is 30.9 Å². The van der Waals surface area contributed by atoms with Gasteiger partial charge in [-0.3, -0.25) is 0 Å². The van der Waals surface area contributed by atoms with Crippen LogP contribution in [0.4, 0.5) is 18.9 Å². The van der Waals surface area contributed by atoms with Crippen molar-refractivity contribution in [3.8, 4) is 0 Å². The molecule has 5 heteroatoms. The highest BCUT2D eigenvalue weighted by Crippen LogP contribution is 2.49. The van der Waals surface area contributed by atoms with Crippen LogP contribution in [-0.2, 0) is 0 Å². The number of benzene rings is 1. The van der Waals surface area contributed by atoms with E-state index in [1.54, 1.807) is 0 Å². The molecule has 1 aromatic rings. The minimum atomic E-state index is -4.13. The second kappa shape index (κ2) is 4.40. The summed E-state index contributed by atoms with van der Waals surface area (Å²) in [5, 5.41) is 6.05. The van der Waals surface area contributed by atoms with E-state index in [1.165, 1.54) is 0 Å². The molecule has 0 saturated heterocycles. The highest BCUT2D eigenvalue weighted by molar-refractivity contribution is 5.54. The first-order valence-electron chi connectivity index (χ1n) is 6.66. The summed E-state index contributed by atoms with van der Waals surface area (Å²) in [5.74, 6) is 0.164. The molecule has 2 aliphatic rings. The van der Waals surface area contributed by atoms with Gasteiger partial charge >= 0.3 is 6.18 Å². The van der Waals surface area contributed by atoms with E-state index in [2.05, 4.69) is 10.6 Å². The number of halogens is 3. The maximum atomic E-state index is 12.9. The molecule has 1 aromatic carbocycles. The highest BCUT2D eigenvalue weighted by Gasteiger charge is 2.63. The molecule has 0 spiro atoms. The fourth-order valence-corrected chi connectivity index (χ4v) is 2.77. The van der Waals surface area contributed by atoms with E-state index < -0.39 is 11.7 Å². The maximum Gasteiger partial charge on any atom is 0.406 e. The van der Waals surface area contributed by atoms with Crippen molar-refractivity contribution >= 4 is 5.69 Å². The summed E-state index contributed by atoms with van der Waals surface area (Å²) in [5.41, 5.74) is 0.573. The third kappa shape index (κ3) is 2.31. The summed E-state index contributed by atoms with van der Waals surface area (Å²) < 4.78 is 38.6. The van der Waals surface area contributed by atoms with Crippen LogP contribution >= 0.6 is 0 Å². The molecule has 0 aromatic heterocycles. The molecule has 1 aliphatic carbocycles. The Bertz CT molecular complexity index is 466. The average molecular weight is 270 g/mol. The van der Waals surface area contributed by atoms with Gasteiger partial charge in [0.15, 0.2) is 0 Å². The van der Waals surface area contributed by atoms with Crippen molar-refractivity contribution in [2.24, 2.45) is 0 Å². The molecule has 2 N–H and O–H groups in total. The molecule has 19 heavy (non-hydrogen) atoms. The first kappa shape index (κ1) is 12.8. The lowest BCUT2D eigenvalue weighted by Gasteiger charge is -2.29. The van der Waals surface area contributed by atoms with E-state index in [0.29, 0.717) is 6.54 Å². The van der Waals surface area contributed by atoms with Crippen molar-refractivity contribution in [1.29, 1.82) is 0 Å². The van der Waals surface area contributed by atoms with Crippen LogP contribution in [0.3, 0.4) is 0 Å². The van der Waals surface area contributed by atoms with Crippen LogP contribution in [-0.4, -0.2) is 24.8 Å². The Kier molecular flexibility index (Phi) is 2.96. The van der Waals surface area contributed by atoms with Crippen molar-refractivity contribution in [2.45, 2.75) is 36.9 Å². The lowest BCUT2D eigenvalue weighted by atomic mass is 9.90. The molecule has 1 heterocycles. The van der Waals surface area contributed by atoms with E-state index in [4.69, 9.17) is 0 Å². The molecule has 0 bridgehead atoms. The van der Waals surface area contributed by atoms with E-state index in [-0.39, 0.29) is 18.8 Å². The van der Waals surface area contributed by atoms with Crippen LogP contribution in [0.15, 0.2) is 24.3 Å². The van der Waals surface area contributed by atoms with Gasteiger partial charge in [0.2, 0.25) is 0 Å². The second-order valence-electron chi connectivity index (χ2n) is 5.46. The van der Waals surface area contributed by atoms with E-state index in [9.17, 15) is 13.2 Å². The lowest BCUT2D eigenvalue weighted by Crippen LogP contribution is -2.46. The number of hydrogen-bond acceptors (Lipinski definition) is 2. The predicted octanol–water partition coefficient (Wildman–Crippen LogP) is 3.27. The summed E-state index contributed by atoms with van der Waals surface area (Å²) >= 11 is 0. The third-order valence-electron chi connectivity index (χ3n) is 4.19. The Balaban J connectivity index is 1.69. The summed E-state index contributed by atoms with van der Waals surface area (Å²) in [4.78, 5) is 0. The minimum Gasteiger partial charge on any atom is -0.385 e. The zero-order chi connectivity index (χ0) is 13.5. The SMILES string of the molecule is FC(F)(F)C1(NCC2CCNc3ccccc32)CC1. The second-order valence-corrected chi connectivity index (χ2v) is 5.46. The smallest absolute Gasteiger partial charge is 0.385 e. The van der Waals surface area contributed by atoms with Gasteiger partial charge in [-0.25, -0.2) is 0 Å². The van der Waals surface area contributed by atoms with Crippen LogP contribution in [0.1, 0.15) is 30.7 Å². The number of rotatable bonds is 3. The average Bonchev–Trinajstić information content (AvgIpc) is 3.17. The predicted molar refractivity (Wildman–Crippen MR) is 68.3 cm³/mol. The molecule has 1 atom stereocenters. The summed E-state index contributed by atoms with van der Waals surface area (Å²) in [7, 11) is 0. The van der Waals surface area contributed by atoms with Gasteiger partial charge in [0.05, 0.1) is 0 Å². The van der Waals surface area contributed by atoms with Crippen molar-refractivity contribution in [2.75, 3.05) is 18.4 Å². The molecular weight excluding hydrogens is 253 g/mol. The number of para-hydroxylation sites is 1. The van der Waals surface area contributed by atoms with Crippen LogP contribution in [0.2, 0.25) is 0 Å². The Morgan fingerprint density at radius 1 is 1.26 bits per heavy atom. The molecule has 1 saturated carbocycles. The van der Waals surface area contributed by atoms with Gasteiger partial charge in [-0.15, -0.1) is 0 Å². The number of anilines is 1. The van der Waals surface area contributed by atoms with Crippen molar-refractivity contribution in [1.82, 2.24) is 5.32 Å². The first-order valence-corrected chi connectivity index (χ1v) is 6.66. The Hall–Kier alpha value is -1.23. The molecule has 1 aliphatic heterocycles. The fraction of sp³-hybridized carbons (Fsp3) is 0.571. The monoisotopic (exact) mass is 270 g/mol. The van der Waals surface area contributed by atoms with Gasteiger partial charge in [-0.2, -0.15) is 13.2 Å². The van der Waals surface area contributed by atoms with Gasteiger partial charge in [0, 0.05) is 24.7 Å². The van der Waals surface area contributed by atoms with Gasteiger partial charge in [-0.1, -0.05) is 18.2 Å². The highest BCUT2D eigenvalue weighted by atomic mass is 19.4. The number of alkyl halides is 3. The first-order chi connectivity index (χ1) is 9.02. The van der Waals surface area contributed by atoms with Crippen LogP contribution in [0.25, 0.3) is 0 Å². The molecule has 2 nitrogen and oxygen atoms in total. The third-order valence-corrected chi connectivity index (χ3v) is 4.19. The molecule has 0 amide bonds. The van der Waals surface area contributed by atoms with Crippen LogP contribution in [0, 0.1) is 0 Å². The maximum absolute atomic E-state index is 12.9. The van der Waals surface area contributed by atoms with Crippen molar-refractivity contribution < 1.29 is 13.2 Å². The zero-order valence-electron chi connectivity index (χ0n) is 10.6. The normalized spacial score (nSPS) is 24.5. The Morgan fingerprint density at radius 2 is 2.00 bits per heavy atom. The van der Waals surface area contributed by atoms with E-state index >= 15 is 0 Å². The van der Waals surface area contributed by atoms with Crippen LogP contribution < -0.4 is 10.6 Å². The van der Waals surface area contributed by atoms with E-state index in [1.807, 2.05) is 24.3 Å². The molecule has 1 fully saturated rings. The summed E-state index contributed by atoms with van der Waals surface area (Å²) in [6.07, 6.45) is -2.83. The fourth-order valence-electron chi connectivity index (χ4n) is 2.77. The molecule has 0 radical (unpaired) electrons. The van der Waals surface area contributed by atoms with Gasteiger partial charge in [0.1, 0.15) is 5.54 Å². The quantitative estimate of drug-likeness (QED) is 0.881. The number of fused-ring (bicyclic) bond motifs is 1. The molecular formula is C14H17F3N2. The summed E-state index contributed by atoms with van der Waals surface area (Å²) in [6, 6.07) is 7.87. The van der Waals surface area contributed by atoms with E-state index in [0.717, 1.165) is 24.2 Å². The molecule has 1 unspecified atom stereocenters. The molecule has 104 valence electrons. The largest absolute Gasteiger partial charge is 0.406 e.